The van der Waals surface area contributed by atoms with Gasteiger partial charge in [0, 0.05) is 19.3 Å². The molecule has 0 bridgehead atoms. The summed E-state index contributed by atoms with van der Waals surface area (Å²) >= 11 is 0. The molecule has 80 heavy (non-hydrogen) atoms. The van der Waals surface area contributed by atoms with E-state index in [-0.39, 0.29) is 25.9 Å². The number of aliphatic hydroxyl groups excluding tert-OH is 1. The number of hydrogen-bond donors (Lipinski definition) is 2. The Morgan fingerprint density at radius 2 is 0.662 bits per heavy atom. The normalized spacial score (nSPS) is 14.1. The van der Waals surface area contributed by atoms with Crippen LogP contribution < -0.4 is 0 Å². The average Bonchev–Trinajstić information content (AvgIpc) is 3.45. The van der Waals surface area contributed by atoms with E-state index in [1.54, 1.807) is 0 Å². The predicted octanol–water partition coefficient (Wildman–Crippen LogP) is 19.1. The Labute approximate surface area is 487 Å². The maximum absolute atomic E-state index is 12.9. The summed E-state index contributed by atoms with van der Waals surface area (Å²) in [6, 6.07) is 0. The molecule has 12 heteroatoms. The molecule has 0 amide bonds. The van der Waals surface area contributed by atoms with Crippen molar-refractivity contribution in [2.24, 2.45) is 0 Å². The number of carbonyl (C=O) groups is 3. The lowest BCUT2D eigenvalue weighted by Crippen LogP contribution is -2.30. The summed E-state index contributed by atoms with van der Waals surface area (Å²) in [6.45, 7) is 4.34. The largest absolute Gasteiger partial charge is 0.472 e. The third-order valence-electron chi connectivity index (χ3n) is 12.8. The maximum Gasteiger partial charge on any atom is 0.472 e. The molecule has 456 valence electrons. The Bertz CT molecular complexity index is 1800. The minimum atomic E-state index is -4.78. The van der Waals surface area contributed by atoms with Crippen LogP contribution in [0.15, 0.2) is 122 Å². The van der Waals surface area contributed by atoms with Gasteiger partial charge in [-0.15, -0.1) is 0 Å². The summed E-state index contributed by atoms with van der Waals surface area (Å²) in [5, 5.41) is 9.85. The SMILES string of the molecule is CC/C=C\C/C=C\C/C=C\C/C=C\C/C=C\CCCC(=O)OCC(COP(=O)(O)OCC(CO)OC(=O)CCCCCCCCC/C=C\CCCCCCCC)OC(=O)CCCCCCCC/C=C\C/C=C\C/C=C\C/C=C\CC. The van der Waals surface area contributed by atoms with Crippen LogP contribution >= 0.6 is 7.82 Å². The molecule has 3 unspecified atom stereocenters. The van der Waals surface area contributed by atoms with Crippen molar-refractivity contribution in [1.82, 2.24) is 0 Å². The van der Waals surface area contributed by atoms with Gasteiger partial charge in [-0.05, 0) is 122 Å². The number of hydrogen-bond acceptors (Lipinski definition) is 10. The van der Waals surface area contributed by atoms with Gasteiger partial charge in [0.1, 0.15) is 12.7 Å². The van der Waals surface area contributed by atoms with Gasteiger partial charge in [-0.1, -0.05) is 232 Å². The molecule has 0 aliphatic carbocycles. The van der Waals surface area contributed by atoms with E-state index in [0.29, 0.717) is 25.7 Å². The second-order valence-corrected chi connectivity index (χ2v) is 21.9. The summed E-state index contributed by atoms with van der Waals surface area (Å²) in [5.74, 6) is -1.56. The minimum Gasteiger partial charge on any atom is -0.462 e. The lowest BCUT2D eigenvalue weighted by Gasteiger charge is -2.21. The highest BCUT2D eigenvalue weighted by molar-refractivity contribution is 7.47. The molecule has 0 radical (unpaired) electrons. The Hall–Kier alpha value is -4.12. The van der Waals surface area contributed by atoms with E-state index in [2.05, 4.69) is 136 Å². The minimum absolute atomic E-state index is 0.133. The van der Waals surface area contributed by atoms with Crippen molar-refractivity contribution in [3.8, 4) is 0 Å². The monoisotopic (exact) mass is 1140 g/mol. The number of phosphoric acid groups is 1. The lowest BCUT2D eigenvalue weighted by atomic mass is 10.1. The molecule has 0 spiro atoms. The Morgan fingerprint density at radius 3 is 1.05 bits per heavy atom. The summed E-state index contributed by atoms with van der Waals surface area (Å²) in [5.41, 5.74) is 0. The fourth-order valence-electron chi connectivity index (χ4n) is 8.14. The number of carbonyl (C=O) groups excluding carboxylic acids is 3. The van der Waals surface area contributed by atoms with Gasteiger partial charge in [-0.25, -0.2) is 4.57 Å². The van der Waals surface area contributed by atoms with Crippen molar-refractivity contribution in [3.63, 3.8) is 0 Å². The third kappa shape index (κ3) is 58.5. The fourth-order valence-corrected chi connectivity index (χ4v) is 8.93. The number of ether oxygens (including phenoxy) is 3. The average molecular weight is 1140 g/mol. The van der Waals surface area contributed by atoms with Crippen molar-refractivity contribution in [1.29, 1.82) is 0 Å². The van der Waals surface area contributed by atoms with Gasteiger partial charge in [0.05, 0.1) is 19.8 Å². The van der Waals surface area contributed by atoms with Crippen molar-refractivity contribution in [2.75, 3.05) is 26.4 Å². The zero-order chi connectivity index (χ0) is 58.3. The van der Waals surface area contributed by atoms with E-state index in [1.165, 1.54) is 64.2 Å². The number of phosphoric ester groups is 1. The molecular weight excluding hydrogens is 1020 g/mol. The van der Waals surface area contributed by atoms with Crippen molar-refractivity contribution < 1.29 is 52.2 Å². The van der Waals surface area contributed by atoms with E-state index in [9.17, 15) is 28.9 Å². The summed E-state index contributed by atoms with van der Waals surface area (Å²) in [4.78, 5) is 48.7. The fraction of sp³-hybridized carbons (Fsp3) is 0.662. The van der Waals surface area contributed by atoms with Crippen LogP contribution in [0.3, 0.4) is 0 Å². The molecule has 11 nitrogen and oxygen atoms in total. The molecule has 0 heterocycles. The van der Waals surface area contributed by atoms with Crippen LogP contribution in [0.5, 0.6) is 0 Å². The summed E-state index contributed by atoms with van der Waals surface area (Å²) in [7, 11) is -4.78. The summed E-state index contributed by atoms with van der Waals surface area (Å²) in [6.07, 6.45) is 75.8. The zero-order valence-electron chi connectivity index (χ0n) is 50.5. The molecule has 0 aromatic heterocycles. The van der Waals surface area contributed by atoms with Gasteiger partial charge in [0.2, 0.25) is 0 Å². The van der Waals surface area contributed by atoms with Crippen molar-refractivity contribution in [2.45, 2.75) is 264 Å². The number of rotatable bonds is 57. The predicted molar refractivity (Wildman–Crippen MR) is 334 cm³/mol. The highest BCUT2D eigenvalue weighted by atomic mass is 31.2. The zero-order valence-corrected chi connectivity index (χ0v) is 51.4. The molecule has 0 aliphatic rings. The van der Waals surface area contributed by atoms with Crippen molar-refractivity contribution in [3.05, 3.63) is 122 Å². The lowest BCUT2D eigenvalue weighted by molar-refractivity contribution is -0.161. The number of allylic oxidation sites excluding steroid dienone is 20. The van der Waals surface area contributed by atoms with Gasteiger partial charge in [0.15, 0.2) is 6.10 Å². The first kappa shape index (κ1) is 75.9. The number of esters is 3. The topological polar surface area (TPSA) is 155 Å². The Morgan fingerprint density at radius 1 is 0.362 bits per heavy atom. The standard InChI is InChI=1S/C68H113O11P/c1-4-7-10-13-16-19-22-25-28-31-32-35-38-41-44-47-50-53-56-59-68(72)79-65(61-75-66(70)57-54-51-48-45-42-39-36-33-29-26-23-20-17-14-11-8-5-2)63-77-80(73,74)76-62-64(60-69)78-67(71)58-55-52-49-46-43-40-37-34-30-27-24-21-18-15-12-9-6-3/h7-8,10-11,16-17,19-20,25-30,32,35-36,39,45,48,64-65,69H,4-6,9,12-15,18,21-24,31,33-34,37-38,40-44,46-47,49-63H2,1-3H3,(H,73,74)/b10-7-,11-8-,19-16-,20-17-,28-25-,29-26-,30-27-,35-32-,39-36-,48-45-. The van der Waals surface area contributed by atoms with E-state index >= 15 is 0 Å². The van der Waals surface area contributed by atoms with Crippen LogP contribution in [-0.4, -0.2) is 66.5 Å². The van der Waals surface area contributed by atoms with Crippen LogP contribution in [0, 0.1) is 0 Å². The van der Waals surface area contributed by atoms with E-state index < -0.39 is 57.8 Å². The van der Waals surface area contributed by atoms with Crippen LogP contribution in [0.4, 0.5) is 0 Å². The quantitative estimate of drug-likeness (QED) is 0.0197. The molecule has 0 aliphatic heterocycles. The molecule has 0 saturated carbocycles. The van der Waals surface area contributed by atoms with E-state index in [1.807, 2.05) is 6.08 Å². The highest BCUT2D eigenvalue weighted by Crippen LogP contribution is 2.43. The third-order valence-corrected chi connectivity index (χ3v) is 13.8. The second-order valence-electron chi connectivity index (χ2n) is 20.5. The first-order valence-electron chi connectivity index (χ1n) is 31.4. The van der Waals surface area contributed by atoms with E-state index in [4.69, 9.17) is 23.3 Å². The molecule has 2 N–H and O–H groups in total. The first-order chi connectivity index (χ1) is 39.2. The highest BCUT2D eigenvalue weighted by Gasteiger charge is 2.28. The molecule has 0 rings (SSSR count). The Kier molecular flexibility index (Phi) is 57.8. The molecule has 0 aromatic rings. The van der Waals surface area contributed by atoms with E-state index in [0.717, 1.165) is 122 Å². The molecule has 0 fully saturated rings. The van der Waals surface area contributed by atoms with Crippen LogP contribution in [-0.2, 0) is 42.2 Å². The van der Waals surface area contributed by atoms with Crippen molar-refractivity contribution >= 4 is 25.7 Å². The van der Waals surface area contributed by atoms with Gasteiger partial charge >= 0.3 is 25.7 Å². The summed E-state index contributed by atoms with van der Waals surface area (Å²) < 4.78 is 39.6. The number of aliphatic hydroxyl groups is 1. The van der Waals surface area contributed by atoms with Crippen LogP contribution in [0.2, 0.25) is 0 Å². The van der Waals surface area contributed by atoms with Gasteiger partial charge in [-0.3, -0.25) is 23.4 Å². The van der Waals surface area contributed by atoms with Crippen LogP contribution in [0.1, 0.15) is 252 Å². The van der Waals surface area contributed by atoms with Gasteiger partial charge < -0.3 is 24.2 Å². The second kappa shape index (κ2) is 61.0. The molecular formula is C68H113O11P. The smallest absolute Gasteiger partial charge is 0.462 e. The molecule has 3 atom stereocenters. The van der Waals surface area contributed by atoms with Crippen LogP contribution in [0.25, 0.3) is 0 Å². The number of unbranched alkanes of at least 4 members (excludes halogenated alkanes) is 20. The maximum atomic E-state index is 12.9. The first-order valence-corrected chi connectivity index (χ1v) is 32.9. The molecule has 0 aromatic carbocycles. The molecule has 0 saturated heterocycles. The van der Waals surface area contributed by atoms with Gasteiger partial charge in [0.25, 0.3) is 0 Å². The Balaban J connectivity index is 4.81. The van der Waals surface area contributed by atoms with Gasteiger partial charge in [-0.2, -0.15) is 0 Å².